The van der Waals surface area contributed by atoms with Gasteiger partial charge in [0.15, 0.2) is 11.5 Å². The highest BCUT2D eigenvalue weighted by molar-refractivity contribution is 5.89. The van der Waals surface area contributed by atoms with E-state index in [1.807, 2.05) is 12.1 Å². The molecule has 0 unspecified atom stereocenters. The van der Waals surface area contributed by atoms with Gasteiger partial charge in [0.1, 0.15) is 17.4 Å². The lowest BCUT2D eigenvalue weighted by molar-refractivity contribution is 0.561. The Labute approximate surface area is 219 Å². The molecule has 0 radical (unpaired) electrons. The number of fused-ring (bicyclic) bond motifs is 2. The molecule has 11 heteroatoms. The first kappa shape index (κ1) is 23.7. The number of nitriles is 1. The van der Waals surface area contributed by atoms with Crippen molar-refractivity contribution in [1.29, 1.82) is 5.26 Å². The topological polar surface area (TPSA) is 132 Å². The fourth-order valence-electron chi connectivity index (χ4n) is 4.40. The largest absolute Gasteiger partial charge is 0.441 e. The average molecular weight is 519 g/mol. The predicted molar refractivity (Wildman–Crippen MR) is 142 cm³/mol. The molecule has 1 N–H and O–H groups in total. The molecule has 0 atom stereocenters. The monoisotopic (exact) mass is 519 g/mol. The molecule has 3 heterocycles. The molecule has 0 bridgehead atoms. The highest BCUT2D eigenvalue weighted by atomic mass is 19.1. The molecule has 3 aromatic heterocycles. The van der Waals surface area contributed by atoms with E-state index in [-0.39, 0.29) is 23.7 Å². The summed E-state index contributed by atoms with van der Waals surface area (Å²) in [6.45, 7) is 1.62. The van der Waals surface area contributed by atoms with Gasteiger partial charge < -0.3 is 9.73 Å². The van der Waals surface area contributed by atoms with E-state index in [1.54, 1.807) is 49.5 Å². The van der Waals surface area contributed by atoms with Gasteiger partial charge in [-0.3, -0.25) is 9.55 Å². The molecule has 3 aromatic carbocycles. The number of anilines is 2. The van der Waals surface area contributed by atoms with Crippen molar-refractivity contribution in [2.75, 3.05) is 5.32 Å². The van der Waals surface area contributed by atoms with Crippen LogP contribution in [0.25, 0.3) is 27.6 Å². The van der Waals surface area contributed by atoms with Gasteiger partial charge in [0.05, 0.1) is 24.0 Å². The first-order valence-corrected chi connectivity index (χ1v) is 11.8. The second kappa shape index (κ2) is 9.35. The van der Waals surface area contributed by atoms with Crippen molar-refractivity contribution in [2.45, 2.75) is 13.5 Å². The van der Waals surface area contributed by atoms with Crippen LogP contribution < -0.4 is 16.7 Å². The molecular formula is C28H18FN7O3. The van der Waals surface area contributed by atoms with Gasteiger partial charge in [-0.2, -0.15) is 10.2 Å². The molecule has 0 fully saturated rings. The van der Waals surface area contributed by atoms with Crippen LogP contribution in [0.2, 0.25) is 0 Å². The Balaban J connectivity index is 1.54. The van der Waals surface area contributed by atoms with Crippen molar-refractivity contribution in [2.24, 2.45) is 0 Å². The maximum Gasteiger partial charge on any atom is 0.359 e. The van der Waals surface area contributed by atoms with Crippen molar-refractivity contribution >= 4 is 33.5 Å². The zero-order valence-electron chi connectivity index (χ0n) is 20.4. The Morgan fingerprint density at radius 2 is 1.90 bits per heavy atom. The summed E-state index contributed by atoms with van der Waals surface area (Å²) < 4.78 is 21.8. The molecule has 39 heavy (non-hydrogen) atoms. The van der Waals surface area contributed by atoms with Gasteiger partial charge in [0.2, 0.25) is 5.95 Å². The minimum Gasteiger partial charge on any atom is -0.441 e. The van der Waals surface area contributed by atoms with E-state index in [2.05, 4.69) is 20.3 Å². The van der Waals surface area contributed by atoms with Crippen LogP contribution in [0.15, 0.2) is 87.1 Å². The molecule has 0 spiro atoms. The lowest BCUT2D eigenvalue weighted by atomic mass is 10.1. The predicted octanol–water partition coefficient (Wildman–Crippen LogP) is 4.19. The first-order chi connectivity index (χ1) is 18.9. The summed E-state index contributed by atoms with van der Waals surface area (Å²) in [5, 5.41) is 13.7. The van der Waals surface area contributed by atoms with Crippen molar-refractivity contribution in [3.63, 3.8) is 0 Å². The SMILES string of the molecule is Cc1nc2ccc(Nc3nc(=O)n(-c4cncc5ccccc45)c(=O)n3Cc3ccc(F)c(C#N)c3)cc2o1. The van der Waals surface area contributed by atoms with Crippen LogP contribution in [0.1, 0.15) is 17.0 Å². The number of benzene rings is 3. The second-order valence-electron chi connectivity index (χ2n) is 8.77. The molecule has 6 rings (SSSR count). The van der Waals surface area contributed by atoms with E-state index in [9.17, 15) is 19.2 Å². The third kappa shape index (κ3) is 4.30. The maximum absolute atomic E-state index is 14.0. The molecule has 0 aliphatic heterocycles. The van der Waals surface area contributed by atoms with Crippen LogP contribution in [-0.4, -0.2) is 24.1 Å². The van der Waals surface area contributed by atoms with Crippen LogP contribution >= 0.6 is 0 Å². The summed E-state index contributed by atoms with van der Waals surface area (Å²) >= 11 is 0. The first-order valence-electron chi connectivity index (χ1n) is 11.8. The van der Waals surface area contributed by atoms with Crippen molar-refractivity contribution < 1.29 is 8.81 Å². The highest BCUT2D eigenvalue weighted by Crippen LogP contribution is 2.23. The van der Waals surface area contributed by atoms with Crippen molar-refractivity contribution in [3.05, 3.63) is 117 Å². The third-order valence-corrected chi connectivity index (χ3v) is 6.20. The second-order valence-corrected chi connectivity index (χ2v) is 8.77. The van der Waals surface area contributed by atoms with E-state index in [1.165, 1.54) is 22.9 Å². The highest BCUT2D eigenvalue weighted by Gasteiger charge is 2.18. The average Bonchev–Trinajstić information content (AvgIpc) is 3.31. The number of hydrogen-bond acceptors (Lipinski definition) is 8. The van der Waals surface area contributed by atoms with Crippen LogP contribution in [0.5, 0.6) is 0 Å². The quantitative estimate of drug-likeness (QED) is 0.359. The van der Waals surface area contributed by atoms with Crippen LogP contribution in [0.4, 0.5) is 16.0 Å². The summed E-state index contributed by atoms with van der Waals surface area (Å²) in [5.74, 6) is -0.228. The standard InChI is InChI=1S/C28H18FN7O3/c1-16-32-23-9-7-20(11-25(23)39-16)33-26-34-27(37)36(24-14-31-13-18-4-2-3-5-21(18)24)28(38)35(26)15-17-6-8-22(29)19(10-17)12-30/h2-11,13-14H,15H2,1H3,(H,33,34,37). The Hall–Kier alpha value is -5.63. The molecule has 0 aliphatic carbocycles. The summed E-state index contributed by atoms with van der Waals surface area (Å²) in [7, 11) is 0. The fraction of sp³-hybridized carbons (Fsp3) is 0.0714. The Bertz CT molecular complexity index is 2070. The van der Waals surface area contributed by atoms with E-state index >= 15 is 0 Å². The number of nitrogens with zero attached hydrogens (tertiary/aromatic N) is 6. The number of oxazole rings is 1. The third-order valence-electron chi connectivity index (χ3n) is 6.20. The molecule has 0 saturated heterocycles. The van der Waals surface area contributed by atoms with Gasteiger partial charge in [0, 0.05) is 35.6 Å². The van der Waals surface area contributed by atoms with Gasteiger partial charge >= 0.3 is 11.4 Å². The van der Waals surface area contributed by atoms with E-state index in [0.29, 0.717) is 33.6 Å². The molecule has 0 amide bonds. The molecule has 0 saturated carbocycles. The minimum atomic E-state index is -0.815. The minimum absolute atomic E-state index is 0.0483. The molecule has 190 valence electrons. The fourth-order valence-corrected chi connectivity index (χ4v) is 4.40. The van der Waals surface area contributed by atoms with Crippen molar-refractivity contribution in [3.8, 4) is 11.8 Å². The van der Waals surface area contributed by atoms with Gasteiger partial charge in [-0.15, -0.1) is 0 Å². The number of rotatable bonds is 5. The number of halogens is 1. The van der Waals surface area contributed by atoms with Gasteiger partial charge in [-0.1, -0.05) is 30.3 Å². The molecular weight excluding hydrogens is 501 g/mol. The zero-order valence-corrected chi connectivity index (χ0v) is 20.4. The number of hydrogen-bond donors (Lipinski definition) is 1. The lowest BCUT2D eigenvalue weighted by Gasteiger charge is -2.16. The van der Waals surface area contributed by atoms with Gasteiger partial charge in [0.25, 0.3) is 0 Å². The van der Waals surface area contributed by atoms with Crippen LogP contribution in [0.3, 0.4) is 0 Å². The van der Waals surface area contributed by atoms with Crippen LogP contribution in [0, 0.1) is 24.1 Å². The molecule has 10 nitrogen and oxygen atoms in total. The van der Waals surface area contributed by atoms with E-state index < -0.39 is 17.2 Å². The zero-order chi connectivity index (χ0) is 27.1. The summed E-state index contributed by atoms with van der Waals surface area (Å²) in [5.41, 5.74) is 0.714. The Morgan fingerprint density at radius 1 is 1.05 bits per heavy atom. The van der Waals surface area contributed by atoms with Gasteiger partial charge in [-0.05, 0) is 29.8 Å². The summed E-state index contributed by atoms with van der Waals surface area (Å²) in [4.78, 5) is 39.9. The molecule has 6 aromatic rings. The van der Waals surface area contributed by atoms with E-state index in [4.69, 9.17) is 4.42 Å². The number of aromatic nitrogens is 5. The number of nitrogens with one attached hydrogen (secondary N) is 1. The lowest BCUT2D eigenvalue weighted by Crippen LogP contribution is -2.42. The van der Waals surface area contributed by atoms with Gasteiger partial charge in [-0.25, -0.2) is 23.5 Å². The number of aryl methyl sites for hydroxylation is 1. The Kier molecular flexibility index (Phi) is 5.69. The Morgan fingerprint density at radius 3 is 2.74 bits per heavy atom. The summed E-state index contributed by atoms with van der Waals surface area (Å²) in [6.07, 6.45) is 3.06. The number of pyridine rings is 1. The van der Waals surface area contributed by atoms with E-state index in [0.717, 1.165) is 16.0 Å². The molecule has 0 aliphatic rings. The summed E-state index contributed by atoms with van der Waals surface area (Å²) in [6, 6.07) is 18.1. The van der Waals surface area contributed by atoms with Crippen molar-refractivity contribution in [1.82, 2.24) is 24.1 Å². The normalized spacial score (nSPS) is 11.1. The maximum atomic E-state index is 14.0. The van der Waals surface area contributed by atoms with Crippen LogP contribution in [-0.2, 0) is 6.54 Å². The smallest absolute Gasteiger partial charge is 0.359 e.